The first kappa shape index (κ1) is 7.85. The lowest BCUT2D eigenvalue weighted by Crippen LogP contribution is -2.18. The van der Waals surface area contributed by atoms with Gasteiger partial charge in [0.05, 0.1) is 0 Å². The summed E-state index contributed by atoms with van der Waals surface area (Å²) in [7, 11) is 2.61. The SMILES string of the molecule is CN([SiH2]I)[SiH2]I. The highest BCUT2D eigenvalue weighted by molar-refractivity contribution is 14.1. The summed E-state index contributed by atoms with van der Waals surface area (Å²) in [6.07, 6.45) is 0. The molecule has 0 amide bonds. The molecular weight excluding hydrogens is 336 g/mol. The van der Waals surface area contributed by atoms with E-state index in [1.807, 2.05) is 0 Å². The van der Waals surface area contributed by atoms with Crippen LogP contribution in [0.4, 0.5) is 0 Å². The van der Waals surface area contributed by atoms with Gasteiger partial charge in [0.1, 0.15) is 0 Å². The normalized spacial score (nSPS) is 14.0. The van der Waals surface area contributed by atoms with E-state index in [0.29, 0.717) is 0 Å². The molecular formula is CH7I2NSi2. The fraction of sp³-hybridized carbons (Fsp3) is 1.00. The van der Waals surface area contributed by atoms with Gasteiger partial charge in [-0.3, -0.25) is 0 Å². The van der Waals surface area contributed by atoms with Gasteiger partial charge >= 0.3 is 0 Å². The van der Waals surface area contributed by atoms with E-state index in [-0.39, 0.29) is 14.4 Å². The van der Waals surface area contributed by atoms with Crippen molar-refractivity contribution in [2.24, 2.45) is 0 Å². The van der Waals surface area contributed by atoms with Crippen molar-refractivity contribution in [3.8, 4) is 0 Å². The second-order valence-electron chi connectivity index (χ2n) is 1.10. The van der Waals surface area contributed by atoms with Crippen LogP contribution in [-0.4, -0.2) is 25.6 Å². The predicted molar refractivity (Wildman–Crippen MR) is 52.9 cm³/mol. The molecule has 6 heavy (non-hydrogen) atoms. The van der Waals surface area contributed by atoms with Crippen LogP contribution in [0.3, 0.4) is 0 Å². The molecule has 5 heteroatoms. The summed E-state index contributed by atoms with van der Waals surface area (Å²) in [4.78, 5) is 0. The Morgan fingerprint density at radius 2 is 1.67 bits per heavy atom. The van der Waals surface area contributed by atoms with Crippen LogP contribution in [0.5, 0.6) is 0 Å². The summed E-state index contributed by atoms with van der Waals surface area (Å²) in [6.45, 7) is 0. The summed E-state index contributed by atoms with van der Waals surface area (Å²) in [5.74, 6) is 0. The van der Waals surface area contributed by atoms with Crippen molar-refractivity contribution in [1.82, 2.24) is 4.23 Å². The monoisotopic (exact) mass is 343 g/mol. The van der Waals surface area contributed by atoms with E-state index in [9.17, 15) is 0 Å². The highest BCUT2D eigenvalue weighted by atomic mass is 127. The molecule has 0 aliphatic carbocycles. The van der Waals surface area contributed by atoms with Gasteiger partial charge in [-0.15, -0.1) is 43.6 Å². The first-order valence-corrected chi connectivity index (χ1v) is 13.1. The zero-order valence-electron chi connectivity index (χ0n) is 3.62. The second-order valence-corrected chi connectivity index (χ2v) is 8.72. The van der Waals surface area contributed by atoms with Gasteiger partial charge in [0.25, 0.3) is 0 Å². The molecule has 0 aromatic heterocycles. The molecule has 1 nitrogen and oxygen atoms in total. The minimum Gasteiger partial charge on any atom is -0.342 e. The Morgan fingerprint density at radius 3 is 1.67 bits per heavy atom. The summed E-state index contributed by atoms with van der Waals surface area (Å²) in [5, 5.41) is 0. The van der Waals surface area contributed by atoms with E-state index < -0.39 is 0 Å². The van der Waals surface area contributed by atoms with E-state index in [1.165, 1.54) is 0 Å². The number of rotatable bonds is 2. The van der Waals surface area contributed by atoms with Gasteiger partial charge in [0.2, 0.25) is 0 Å². The van der Waals surface area contributed by atoms with Gasteiger partial charge in [0, 0.05) is 0 Å². The molecule has 0 aromatic rings. The van der Waals surface area contributed by atoms with Gasteiger partial charge in [-0.25, -0.2) is 0 Å². The van der Waals surface area contributed by atoms with Crippen molar-refractivity contribution in [3.05, 3.63) is 0 Å². The molecule has 0 radical (unpaired) electrons. The number of hydrogen-bond acceptors (Lipinski definition) is 1. The van der Waals surface area contributed by atoms with Gasteiger partial charge in [-0.05, 0) is 7.05 Å². The summed E-state index contributed by atoms with van der Waals surface area (Å²) in [6, 6.07) is 0. The average Bonchev–Trinajstić information content (AvgIpc) is 1.65. The number of hydrogen-bond donors (Lipinski definition) is 0. The maximum Gasteiger partial charge on any atom is 0.159 e. The van der Waals surface area contributed by atoms with Gasteiger partial charge in [0.15, 0.2) is 14.4 Å². The van der Waals surface area contributed by atoms with Crippen LogP contribution < -0.4 is 0 Å². The van der Waals surface area contributed by atoms with Crippen LogP contribution in [0.15, 0.2) is 0 Å². The lowest BCUT2D eigenvalue weighted by atomic mass is 11.6. The predicted octanol–water partition coefficient (Wildman–Crippen LogP) is -0.214. The Bertz CT molecular complexity index is 30.7. The zero-order chi connectivity index (χ0) is 4.99. The van der Waals surface area contributed by atoms with Crippen LogP contribution in [-0.2, 0) is 0 Å². The Hall–Kier alpha value is 1.85. The molecule has 0 spiro atoms. The Labute approximate surface area is 68.5 Å². The zero-order valence-corrected chi connectivity index (χ0v) is 10.8. The maximum atomic E-state index is 2.51. The van der Waals surface area contributed by atoms with Crippen LogP contribution in [0.25, 0.3) is 0 Å². The minimum absolute atomic E-state index is 0.196. The molecule has 0 saturated carbocycles. The third kappa shape index (κ3) is 4.02. The molecule has 0 fully saturated rings. The Balaban J connectivity index is 2.75. The summed E-state index contributed by atoms with van der Waals surface area (Å²) < 4.78 is 2.50. The highest BCUT2D eigenvalue weighted by Gasteiger charge is 1.86. The van der Waals surface area contributed by atoms with E-state index in [2.05, 4.69) is 54.9 Å². The van der Waals surface area contributed by atoms with Crippen molar-refractivity contribution in [3.63, 3.8) is 0 Å². The third-order valence-corrected chi connectivity index (χ3v) is 15.0. The molecule has 0 atom stereocenters. The fourth-order valence-corrected chi connectivity index (χ4v) is 12.9. The molecule has 0 saturated heterocycles. The Kier molecular flexibility index (Phi) is 6.54. The molecule has 0 unspecified atom stereocenters. The van der Waals surface area contributed by atoms with Gasteiger partial charge in [-0.2, -0.15) is 0 Å². The van der Waals surface area contributed by atoms with Crippen molar-refractivity contribution < 1.29 is 0 Å². The standard InChI is InChI=1S/CH7I2NSi2/c1-4(5-2)6-3/h5-6H2,1H3. The van der Waals surface area contributed by atoms with Crippen LogP contribution in [0, 0.1) is 0 Å². The molecule has 0 aromatic carbocycles. The van der Waals surface area contributed by atoms with Crippen LogP contribution in [0.1, 0.15) is 0 Å². The Morgan fingerprint density at radius 1 is 1.33 bits per heavy atom. The highest BCUT2D eigenvalue weighted by Crippen LogP contribution is 1.85. The van der Waals surface area contributed by atoms with Crippen molar-refractivity contribution in [1.29, 1.82) is 0 Å². The lowest BCUT2D eigenvalue weighted by molar-refractivity contribution is 0.886. The molecule has 0 N–H and O–H groups in total. The third-order valence-electron chi connectivity index (χ3n) is 0.408. The van der Waals surface area contributed by atoms with E-state index in [4.69, 9.17) is 0 Å². The molecule has 38 valence electrons. The second kappa shape index (κ2) is 5.00. The van der Waals surface area contributed by atoms with Gasteiger partial charge < -0.3 is 4.23 Å². The first-order chi connectivity index (χ1) is 2.81. The van der Waals surface area contributed by atoms with Crippen LogP contribution >= 0.6 is 43.6 Å². The summed E-state index contributed by atoms with van der Waals surface area (Å²) in [5.41, 5.74) is 0. The minimum atomic E-state index is 0.196. The maximum absolute atomic E-state index is 2.51. The van der Waals surface area contributed by atoms with Crippen molar-refractivity contribution >= 4 is 57.9 Å². The molecule has 0 aliphatic heterocycles. The molecule has 0 rings (SSSR count). The van der Waals surface area contributed by atoms with E-state index in [0.717, 1.165) is 0 Å². The van der Waals surface area contributed by atoms with Crippen molar-refractivity contribution in [2.45, 2.75) is 0 Å². The largest absolute Gasteiger partial charge is 0.342 e. The number of halogens is 2. The molecule has 0 aliphatic rings. The first-order valence-electron chi connectivity index (χ1n) is 1.61. The van der Waals surface area contributed by atoms with E-state index in [1.54, 1.807) is 0 Å². The van der Waals surface area contributed by atoms with Crippen molar-refractivity contribution in [2.75, 3.05) is 7.05 Å². The van der Waals surface area contributed by atoms with Crippen LogP contribution in [0.2, 0.25) is 0 Å². The smallest absolute Gasteiger partial charge is 0.159 e. The quantitative estimate of drug-likeness (QED) is 0.381. The average molecular weight is 343 g/mol. The lowest BCUT2D eigenvalue weighted by Gasteiger charge is -2.03. The molecule has 0 heterocycles. The fourth-order valence-electron chi connectivity index (χ4n) is 0.0319. The topological polar surface area (TPSA) is 3.24 Å². The van der Waals surface area contributed by atoms with Gasteiger partial charge in [-0.1, -0.05) is 0 Å². The summed E-state index contributed by atoms with van der Waals surface area (Å²) >= 11 is 5.02. The molecule has 0 bridgehead atoms. The van der Waals surface area contributed by atoms with E-state index >= 15 is 0 Å². The number of nitrogens with zero attached hydrogens (tertiary/aromatic N) is 1.